The van der Waals surface area contributed by atoms with Crippen LogP contribution in [0.3, 0.4) is 0 Å². The molecule has 0 spiro atoms. The molecule has 0 aliphatic rings. The maximum atomic E-state index is 9.40. The topological polar surface area (TPSA) is 69.4 Å². The van der Waals surface area contributed by atoms with Gasteiger partial charge in [0.05, 0.1) is 42.8 Å². The Morgan fingerprint density at radius 3 is 2.78 bits per heavy atom. The van der Waals surface area contributed by atoms with Crippen LogP contribution in [0.5, 0.6) is 0 Å². The molecule has 0 saturated heterocycles. The highest BCUT2D eigenvalue weighted by Crippen LogP contribution is 2.16. The Morgan fingerprint density at radius 1 is 1.50 bits per heavy atom. The highest BCUT2D eigenvalue weighted by Gasteiger charge is 2.08. The third-order valence-electron chi connectivity index (χ3n) is 2.62. The van der Waals surface area contributed by atoms with E-state index in [0.717, 1.165) is 5.69 Å². The molecular formula is C13H19N3O2. The van der Waals surface area contributed by atoms with Gasteiger partial charge in [-0.3, -0.25) is 4.98 Å². The fourth-order valence-electron chi connectivity index (χ4n) is 1.59. The number of ether oxygens (including phenoxy) is 1. The van der Waals surface area contributed by atoms with E-state index in [-0.39, 0.29) is 0 Å². The molecule has 0 saturated carbocycles. The zero-order chi connectivity index (χ0) is 13.4. The molecule has 1 heterocycles. The van der Waals surface area contributed by atoms with E-state index in [1.807, 2.05) is 11.0 Å². The Balaban J connectivity index is 2.74. The minimum atomic E-state index is -0.564. The van der Waals surface area contributed by atoms with Gasteiger partial charge in [0.1, 0.15) is 0 Å². The van der Waals surface area contributed by atoms with E-state index < -0.39 is 6.10 Å². The van der Waals surface area contributed by atoms with Gasteiger partial charge in [0.25, 0.3) is 0 Å². The van der Waals surface area contributed by atoms with Gasteiger partial charge in [-0.1, -0.05) is 0 Å². The number of pyridine rings is 1. The van der Waals surface area contributed by atoms with Crippen LogP contribution in [0.25, 0.3) is 0 Å². The minimum absolute atomic E-state index is 0.460. The maximum absolute atomic E-state index is 9.40. The first-order chi connectivity index (χ1) is 8.69. The predicted octanol–water partition coefficient (Wildman–Crippen LogP) is 1.50. The monoisotopic (exact) mass is 249 g/mol. The average molecular weight is 249 g/mol. The summed E-state index contributed by atoms with van der Waals surface area (Å²) in [6.07, 6.45) is 1.61. The van der Waals surface area contributed by atoms with Crippen molar-refractivity contribution in [1.82, 2.24) is 4.98 Å². The summed E-state index contributed by atoms with van der Waals surface area (Å²) in [5, 5.41) is 18.0. The summed E-state index contributed by atoms with van der Waals surface area (Å²) >= 11 is 0. The van der Waals surface area contributed by atoms with Crippen LogP contribution in [0.1, 0.15) is 25.1 Å². The van der Waals surface area contributed by atoms with Gasteiger partial charge in [0.15, 0.2) is 0 Å². The quantitative estimate of drug-likeness (QED) is 0.793. The average Bonchev–Trinajstić information content (AvgIpc) is 2.39. The third kappa shape index (κ3) is 4.32. The standard InChI is InChI=1S/C13H19N3O2/c1-11(17)13-5-4-12(10-15-13)16(7-3-6-14)8-9-18-2/h4-5,10-11,17H,3,7-9H2,1-2H3/t11-/m0/s1. The summed E-state index contributed by atoms with van der Waals surface area (Å²) in [5.74, 6) is 0. The second-order valence-electron chi connectivity index (χ2n) is 4.01. The van der Waals surface area contributed by atoms with E-state index >= 15 is 0 Å². The van der Waals surface area contributed by atoms with Crippen molar-refractivity contribution in [3.8, 4) is 6.07 Å². The molecule has 98 valence electrons. The van der Waals surface area contributed by atoms with Crippen molar-refractivity contribution < 1.29 is 9.84 Å². The molecule has 5 nitrogen and oxygen atoms in total. The number of hydrogen-bond acceptors (Lipinski definition) is 5. The molecule has 0 aliphatic heterocycles. The van der Waals surface area contributed by atoms with E-state index in [2.05, 4.69) is 11.1 Å². The van der Waals surface area contributed by atoms with Crippen molar-refractivity contribution >= 4 is 5.69 Å². The fourth-order valence-corrected chi connectivity index (χ4v) is 1.59. The molecule has 18 heavy (non-hydrogen) atoms. The molecule has 0 unspecified atom stereocenters. The van der Waals surface area contributed by atoms with Crippen LogP contribution in [0.4, 0.5) is 5.69 Å². The lowest BCUT2D eigenvalue weighted by Gasteiger charge is -2.23. The molecule has 0 aliphatic carbocycles. The van der Waals surface area contributed by atoms with E-state index in [4.69, 9.17) is 10.00 Å². The Bertz CT molecular complexity index is 384. The number of aliphatic hydroxyl groups is 1. The van der Waals surface area contributed by atoms with Crippen LogP contribution in [0.15, 0.2) is 18.3 Å². The Kier molecular flexibility index (Phi) is 6.12. The molecule has 1 atom stereocenters. The molecule has 0 amide bonds. The zero-order valence-corrected chi connectivity index (χ0v) is 10.8. The number of hydrogen-bond donors (Lipinski definition) is 1. The molecule has 5 heteroatoms. The van der Waals surface area contributed by atoms with Gasteiger partial charge in [0, 0.05) is 20.2 Å². The third-order valence-corrected chi connectivity index (χ3v) is 2.62. The first-order valence-electron chi connectivity index (χ1n) is 5.94. The molecule has 0 aromatic carbocycles. The molecular weight excluding hydrogens is 230 g/mol. The van der Waals surface area contributed by atoms with Crippen molar-refractivity contribution in [3.05, 3.63) is 24.0 Å². The second kappa shape index (κ2) is 7.64. The van der Waals surface area contributed by atoms with Gasteiger partial charge in [0.2, 0.25) is 0 Å². The molecule has 1 N–H and O–H groups in total. The summed E-state index contributed by atoms with van der Waals surface area (Å²) in [5.41, 5.74) is 1.58. The lowest BCUT2D eigenvalue weighted by molar-refractivity contribution is 0.194. The van der Waals surface area contributed by atoms with Crippen LogP contribution < -0.4 is 4.90 Å². The van der Waals surface area contributed by atoms with Crippen molar-refractivity contribution in [1.29, 1.82) is 5.26 Å². The Labute approximate surface area is 108 Å². The summed E-state index contributed by atoms with van der Waals surface area (Å²) in [6.45, 7) is 3.65. The molecule has 0 radical (unpaired) electrons. The van der Waals surface area contributed by atoms with Gasteiger partial charge >= 0.3 is 0 Å². The number of methoxy groups -OCH3 is 1. The van der Waals surface area contributed by atoms with Crippen LogP contribution >= 0.6 is 0 Å². The van der Waals surface area contributed by atoms with Gasteiger partial charge < -0.3 is 14.7 Å². The number of aromatic nitrogens is 1. The normalized spacial score (nSPS) is 11.9. The largest absolute Gasteiger partial charge is 0.387 e. The highest BCUT2D eigenvalue weighted by atomic mass is 16.5. The number of rotatable bonds is 7. The molecule has 1 rings (SSSR count). The molecule has 1 aromatic rings. The van der Waals surface area contributed by atoms with Gasteiger partial charge in [-0.05, 0) is 19.1 Å². The van der Waals surface area contributed by atoms with Gasteiger partial charge in [-0.2, -0.15) is 5.26 Å². The lowest BCUT2D eigenvalue weighted by Crippen LogP contribution is -2.28. The number of aliphatic hydroxyl groups excluding tert-OH is 1. The summed E-state index contributed by atoms with van der Waals surface area (Å²) in [4.78, 5) is 6.25. The smallest absolute Gasteiger partial charge is 0.0931 e. The summed E-state index contributed by atoms with van der Waals surface area (Å²) < 4.78 is 5.05. The van der Waals surface area contributed by atoms with Crippen LogP contribution in [0.2, 0.25) is 0 Å². The van der Waals surface area contributed by atoms with Gasteiger partial charge in [-0.25, -0.2) is 0 Å². The second-order valence-corrected chi connectivity index (χ2v) is 4.01. The van der Waals surface area contributed by atoms with E-state index in [1.54, 1.807) is 26.3 Å². The molecule has 1 aromatic heterocycles. The molecule has 0 bridgehead atoms. The summed E-state index contributed by atoms with van der Waals surface area (Å²) in [6, 6.07) is 5.83. The van der Waals surface area contributed by atoms with Crippen molar-refractivity contribution in [2.75, 3.05) is 31.7 Å². The van der Waals surface area contributed by atoms with Crippen LogP contribution in [-0.2, 0) is 4.74 Å². The first kappa shape index (κ1) is 14.4. The number of nitriles is 1. The van der Waals surface area contributed by atoms with Crippen molar-refractivity contribution in [3.63, 3.8) is 0 Å². The summed E-state index contributed by atoms with van der Waals surface area (Å²) in [7, 11) is 1.65. The van der Waals surface area contributed by atoms with Crippen molar-refractivity contribution in [2.24, 2.45) is 0 Å². The van der Waals surface area contributed by atoms with E-state index in [0.29, 0.717) is 31.8 Å². The fraction of sp³-hybridized carbons (Fsp3) is 0.538. The Hall–Kier alpha value is -1.64. The maximum Gasteiger partial charge on any atom is 0.0931 e. The van der Waals surface area contributed by atoms with Crippen molar-refractivity contribution in [2.45, 2.75) is 19.4 Å². The van der Waals surface area contributed by atoms with Gasteiger partial charge in [-0.15, -0.1) is 0 Å². The Morgan fingerprint density at radius 2 is 2.28 bits per heavy atom. The van der Waals surface area contributed by atoms with Crippen LogP contribution in [0, 0.1) is 11.3 Å². The van der Waals surface area contributed by atoms with Crippen LogP contribution in [-0.4, -0.2) is 36.9 Å². The van der Waals surface area contributed by atoms with E-state index in [1.165, 1.54) is 0 Å². The SMILES string of the molecule is COCCN(CCC#N)c1ccc([C@H](C)O)nc1. The number of nitrogens with zero attached hydrogens (tertiary/aromatic N) is 3. The predicted molar refractivity (Wildman–Crippen MR) is 69.2 cm³/mol. The number of anilines is 1. The molecule has 0 fully saturated rings. The first-order valence-corrected chi connectivity index (χ1v) is 5.94. The lowest BCUT2D eigenvalue weighted by atomic mass is 10.2. The van der Waals surface area contributed by atoms with E-state index in [9.17, 15) is 5.11 Å². The zero-order valence-electron chi connectivity index (χ0n) is 10.8. The minimum Gasteiger partial charge on any atom is -0.387 e. The highest BCUT2D eigenvalue weighted by molar-refractivity contribution is 5.44.